The van der Waals surface area contributed by atoms with Gasteiger partial charge in [-0.25, -0.2) is 0 Å². The molecule has 2 aliphatic rings. The van der Waals surface area contributed by atoms with Crippen molar-refractivity contribution < 1.29 is 14.3 Å². The molecule has 5 nitrogen and oxygen atoms in total. The minimum atomic E-state index is -0.215. The van der Waals surface area contributed by atoms with Gasteiger partial charge in [0.2, 0.25) is 0 Å². The first-order chi connectivity index (χ1) is 15.9. The topological polar surface area (TPSA) is 42.0 Å². The summed E-state index contributed by atoms with van der Waals surface area (Å²) in [5.74, 6) is 0.953. The molecule has 4 rings (SSSR count). The fourth-order valence-corrected chi connectivity index (χ4v) is 5.19. The number of nitrogens with zero attached hydrogens (tertiary/aromatic N) is 2. The van der Waals surface area contributed by atoms with Crippen molar-refractivity contribution in [3.63, 3.8) is 0 Å². The molecule has 2 aromatic carbocycles. The molecule has 0 bridgehead atoms. The highest BCUT2D eigenvalue weighted by atomic mass is 16.5. The Morgan fingerprint density at radius 2 is 1.94 bits per heavy atom. The number of rotatable bonds is 5. The molecule has 178 valence electrons. The van der Waals surface area contributed by atoms with Crippen molar-refractivity contribution in [3.8, 4) is 5.75 Å². The van der Waals surface area contributed by atoms with Gasteiger partial charge in [-0.05, 0) is 76.3 Å². The number of likely N-dealkylation sites (tertiary alicyclic amines) is 1. The molecule has 0 N–H and O–H groups in total. The molecule has 2 unspecified atom stereocenters. The van der Waals surface area contributed by atoms with Gasteiger partial charge < -0.3 is 14.4 Å². The predicted molar refractivity (Wildman–Crippen MR) is 132 cm³/mol. The molecular formula is C28H38N2O3. The van der Waals surface area contributed by atoms with Gasteiger partial charge in [0.25, 0.3) is 5.91 Å². The maximum atomic E-state index is 13.3. The van der Waals surface area contributed by atoms with E-state index in [2.05, 4.69) is 49.1 Å². The van der Waals surface area contributed by atoms with Crippen molar-refractivity contribution in [1.82, 2.24) is 9.80 Å². The summed E-state index contributed by atoms with van der Waals surface area (Å²) in [6.07, 6.45) is 2.86. The zero-order valence-electron chi connectivity index (χ0n) is 20.5. The molecule has 2 saturated heterocycles. The lowest BCUT2D eigenvalue weighted by atomic mass is 9.90. The molecule has 0 radical (unpaired) electrons. The molecule has 1 amide bonds. The van der Waals surface area contributed by atoms with Crippen molar-refractivity contribution >= 4 is 5.91 Å². The van der Waals surface area contributed by atoms with E-state index >= 15 is 0 Å². The fourth-order valence-electron chi connectivity index (χ4n) is 5.19. The summed E-state index contributed by atoms with van der Waals surface area (Å²) >= 11 is 0. The second-order valence-electron chi connectivity index (χ2n) is 9.78. The molecule has 33 heavy (non-hydrogen) atoms. The number of morpholine rings is 1. The first-order valence-corrected chi connectivity index (χ1v) is 12.4. The number of aryl methyl sites for hydroxylation is 1. The molecule has 5 heteroatoms. The predicted octanol–water partition coefficient (Wildman–Crippen LogP) is 5.24. The van der Waals surface area contributed by atoms with Crippen LogP contribution < -0.4 is 4.74 Å². The largest absolute Gasteiger partial charge is 0.494 e. The third-order valence-corrected chi connectivity index (χ3v) is 7.09. The van der Waals surface area contributed by atoms with E-state index in [4.69, 9.17) is 9.47 Å². The van der Waals surface area contributed by atoms with Crippen LogP contribution in [0.15, 0.2) is 48.5 Å². The Labute approximate surface area is 198 Å². The maximum Gasteiger partial charge on any atom is 0.253 e. The SMILES string of the molecule is CCOc1ccc(C(=O)N2CCCC3(CC2)CN(C(C)C)CC(c2ccccc2)O3)cc1C. The van der Waals surface area contributed by atoms with Gasteiger partial charge in [-0.15, -0.1) is 0 Å². The van der Waals surface area contributed by atoms with Crippen molar-refractivity contribution in [3.05, 3.63) is 65.2 Å². The number of hydrogen-bond acceptors (Lipinski definition) is 4. The summed E-state index contributed by atoms with van der Waals surface area (Å²) in [7, 11) is 0. The van der Waals surface area contributed by atoms with E-state index in [0.29, 0.717) is 12.6 Å². The quantitative estimate of drug-likeness (QED) is 0.625. The van der Waals surface area contributed by atoms with Gasteiger partial charge in [0.15, 0.2) is 0 Å². The van der Waals surface area contributed by atoms with Gasteiger partial charge in [-0.3, -0.25) is 9.69 Å². The average Bonchev–Trinajstić information content (AvgIpc) is 3.02. The number of ether oxygens (including phenoxy) is 2. The van der Waals surface area contributed by atoms with Crippen molar-refractivity contribution in [2.45, 2.75) is 64.7 Å². The van der Waals surface area contributed by atoms with Gasteiger partial charge >= 0.3 is 0 Å². The Morgan fingerprint density at radius 3 is 2.64 bits per heavy atom. The van der Waals surface area contributed by atoms with Crippen LogP contribution >= 0.6 is 0 Å². The molecule has 0 aromatic heterocycles. The fraction of sp³-hybridized carbons (Fsp3) is 0.536. The number of benzene rings is 2. The molecule has 2 aromatic rings. The van der Waals surface area contributed by atoms with Crippen LogP contribution in [0.3, 0.4) is 0 Å². The van der Waals surface area contributed by atoms with Crippen LogP contribution in [0.25, 0.3) is 0 Å². The first kappa shape index (κ1) is 23.8. The van der Waals surface area contributed by atoms with Crippen LogP contribution in [-0.4, -0.2) is 60.1 Å². The van der Waals surface area contributed by atoms with Gasteiger partial charge in [0.1, 0.15) is 5.75 Å². The van der Waals surface area contributed by atoms with Crippen LogP contribution in [0.1, 0.15) is 67.6 Å². The second-order valence-corrected chi connectivity index (χ2v) is 9.78. The molecule has 0 aliphatic carbocycles. The van der Waals surface area contributed by atoms with Crippen LogP contribution in [-0.2, 0) is 4.74 Å². The van der Waals surface area contributed by atoms with E-state index in [9.17, 15) is 4.79 Å². The summed E-state index contributed by atoms with van der Waals surface area (Å²) in [5, 5.41) is 0. The highest BCUT2D eigenvalue weighted by Crippen LogP contribution is 2.38. The lowest BCUT2D eigenvalue weighted by Crippen LogP contribution is -2.55. The first-order valence-electron chi connectivity index (χ1n) is 12.4. The molecule has 1 spiro atoms. The third kappa shape index (κ3) is 5.42. The number of carbonyl (C=O) groups is 1. The van der Waals surface area contributed by atoms with Crippen LogP contribution in [0, 0.1) is 6.92 Å². The van der Waals surface area contributed by atoms with E-state index in [1.807, 2.05) is 36.9 Å². The molecule has 2 atom stereocenters. The molecule has 2 aliphatic heterocycles. The summed E-state index contributed by atoms with van der Waals surface area (Å²) in [6.45, 7) is 12.5. The van der Waals surface area contributed by atoms with Crippen LogP contribution in [0.4, 0.5) is 0 Å². The molecule has 2 fully saturated rings. The molecular weight excluding hydrogens is 412 g/mol. The Bertz CT molecular complexity index is 945. The smallest absolute Gasteiger partial charge is 0.253 e. The maximum absolute atomic E-state index is 13.3. The zero-order chi connectivity index (χ0) is 23.4. The van der Waals surface area contributed by atoms with Gasteiger partial charge in [0, 0.05) is 37.8 Å². The highest BCUT2D eigenvalue weighted by molar-refractivity contribution is 5.94. The van der Waals surface area contributed by atoms with Crippen molar-refractivity contribution in [2.75, 3.05) is 32.8 Å². The summed E-state index contributed by atoms with van der Waals surface area (Å²) in [4.78, 5) is 17.9. The zero-order valence-corrected chi connectivity index (χ0v) is 20.5. The average molecular weight is 451 g/mol. The van der Waals surface area contributed by atoms with Crippen LogP contribution in [0.5, 0.6) is 5.75 Å². The molecule has 0 saturated carbocycles. The van der Waals surface area contributed by atoms with Gasteiger partial charge in [-0.2, -0.15) is 0 Å². The number of hydrogen-bond donors (Lipinski definition) is 0. The Kier molecular flexibility index (Phi) is 7.40. The monoisotopic (exact) mass is 450 g/mol. The van der Waals surface area contributed by atoms with E-state index in [-0.39, 0.29) is 17.6 Å². The highest BCUT2D eigenvalue weighted by Gasteiger charge is 2.43. The second kappa shape index (κ2) is 10.3. The summed E-state index contributed by atoms with van der Waals surface area (Å²) < 4.78 is 12.5. The Morgan fingerprint density at radius 1 is 1.15 bits per heavy atom. The minimum Gasteiger partial charge on any atom is -0.494 e. The minimum absolute atomic E-state index is 0.0679. The van der Waals surface area contributed by atoms with E-state index in [0.717, 1.165) is 62.3 Å². The van der Waals surface area contributed by atoms with Gasteiger partial charge in [-0.1, -0.05) is 30.3 Å². The summed E-state index contributed by atoms with van der Waals surface area (Å²) in [5.41, 5.74) is 2.77. The van der Waals surface area contributed by atoms with Crippen molar-refractivity contribution in [1.29, 1.82) is 0 Å². The van der Waals surface area contributed by atoms with E-state index < -0.39 is 0 Å². The Hall–Kier alpha value is -2.37. The van der Waals surface area contributed by atoms with E-state index in [1.54, 1.807) is 0 Å². The number of carbonyl (C=O) groups excluding carboxylic acids is 1. The van der Waals surface area contributed by atoms with E-state index in [1.165, 1.54) is 5.56 Å². The van der Waals surface area contributed by atoms with Crippen molar-refractivity contribution in [2.24, 2.45) is 0 Å². The van der Waals surface area contributed by atoms with Gasteiger partial charge in [0.05, 0.1) is 18.3 Å². The number of amides is 1. The lowest BCUT2D eigenvalue weighted by molar-refractivity contribution is -0.168. The summed E-state index contributed by atoms with van der Waals surface area (Å²) in [6, 6.07) is 16.8. The Balaban J connectivity index is 1.50. The normalized spacial score (nSPS) is 24.2. The standard InChI is InChI=1S/C28H38N2O3/c1-5-32-25-13-12-24(18-22(25)4)27(31)29-16-9-14-28(15-17-29)20-30(21(2)3)19-26(33-28)23-10-7-6-8-11-23/h6-8,10-13,18,21,26H,5,9,14-17,19-20H2,1-4H3. The molecule has 2 heterocycles. The van der Waals surface area contributed by atoms with Crippen LogP contribution in [0.2, 0.25) is 0 Å². The third-order valence-electron chi connectivity index (χ3n) is 7.09. The lowest BCUT2D eigenvalue weighted by Gasteiger charge is -2.48.